The van der Waals surface area contributed by atoms with Gasteiger partial charge < -0.3 is 5.32 Å². The smallest absolute Gasteiger partial charge is 0.255 e. The van der Waals surface area contributed by atoms with Crippen LogP contribution in [0.3, 0.4) is 0 Å². The number of thioether (sulfide) groups is 1. The highest BCUT2D eigenvalue weighted by molar-refractivity contribution is 7.99. The summed E-state index contributed by atoms with van der Waals surface area (Å²) < 4.78 is 28.0. The zero-order valence-electron chi connectivity index (χ0n) is 18.6. The van der Waals surface area contributed by atoms with Gasteiger partial charge in [0.1, 0.15) is 0 Å². The number of sulfonamides is 1. The third-order valence-electron chi connectivity index (χ3n) is 4.90. The predicted molar refractivity (Wildman–Crippen MR) is 128 cm³/mol. The molecule has 0 spiro atoms. The standard InChI is InChI=1S/C23H31N3O3S2/c1-17-8-9-20(31(28,29)25-23(2,3)4)15-21(17)22(27)24-19-7-5-6-18(14-19)16-26-10-12-30-13-11-26/h5-9,14-15,25H,10-13,16H2,1-4H3,(H,24,27). The third kappa shape index (κ3) is 6.80. The molecule has 2 N–H and O–H groups in total. The van der Waals surface area contributed by atoms with Gasteiger partial charge in [0.2, 0.25) is 10.0 Å². The van der Waals surface area contributed by atoms with Gasteiger partial charge in [-0.15, -0.1) is 0 Å². The van der Waals surface area contributed by atoms with E-state index in [-0.39, 0.29) is 10.8 Å². The van der Waals surface area contributed by atoms with Crippen LogP contribution in [0.1, 0.15) is 42.3 Å². The summed E-state index contributed by atoms with van der Waals surface area (Å²) in [6.07, 6.45) is 0. The van der Waals surface area contributed by atoms with E-state index in [4.69, 9.17) is 0 Å². The molecule has 1 saturated heterocycles. The maximum atomic E-state index is 13.0. The van der Waals surface area contributed by atoms with E-state index in [0.29, 0.717) is 16.8 Å². The quantitative estimate of drug-likeness (QED) is 0.683. The SMILES string of the molecule is Cc1ccc(S(=O)(=O)NC(C)(C)C)cc1C(=O)Nc1cccc(CN2CCSCC2)c1. The van der Waals surface area contributed by atoms with Gasteiger partial charge in [-0.25, -0.2) is 13.1 Å². The predicted octanol–water partition coefficient (Wildman–Crippen LogP) is 3.87. The average molecular weight is 462 g/mol. The molecule has 0 aromatic heterocycles. The number of hydrogen-bond acceptors (Lipinski definition) is 5. The van der Waals surface area contributed by atoms with E-state index >= 15 is 0 Å². The number of carbonyl (C=O) groups is 1. The molecule has 8 heteroatoms. The molecule has 3 rings (SSSR count). The molecule has 0 radical (unpaired) electrons. The number of rotatable bonds is 6. The van der Waals surface area contributed by atoms with Crippen LogP contribution in [-0.2, 0) is 16.6 Å². The largest absolute Gasteiger partial charge is 0.322 e. The van der Waals surface area contributed by atoms with Crippen LogP contribution in [0.2, 0.25) is 0 Å². The Morgan fingerprint density at radius 1 is 1.10 bits per heavy atom. The fourth-order valence-electron chi connectivity index (χ4n) is 3.44. The number of benzene rings is 2. The number of carbonyl (C=O) groups excluding carboxylic acids is 1. The van der Waals surface area contributed by atoms with Gasteiger partial charge >= 0.3 is 0 Å². The first-order chi connectivity index (χ1) is 14.5. The topological polar surface area (TPSA) is 78.5 Å². The van der Waals surface area contributed by atoms with Crippen molar-refractivity contribution in [3.05, 3.63) is 59.2 Å². The molecule has 0 atom stereocenters. The Hall–Kier alpha value is -1.87. The Morgan fingerprint density at radius 3 is 2.48 bits per heavy atom. The molecule has 0 aliphatic carbocycles. The second kappa shape index (κ2) is 9.73. The summed E-state index contributed by atoms with van der Waals surface area (Å²) in [7, 11) is -3.72. The Bertz CT molecular complexity index is 1040. The van der Waals surface area contributed by atoms with Crippen LogP contribution in [-0.4, -0.2) is 49.4 Å². The number of nitrogens with zero attached hydrogens (tertiary/aromatic N) is 1. The zero-order chi connectivity index (χ0) is 22.6. The van der Waals surface area contributed by atoms with Crippen molar-refractivity contribution < 1.29 is 13.2 Å². The Balaban J connectivity index is 1.77. The van der Waals surface area contributed by atoms with Crippen LogP contribution in [0.5, 0.6) is 0 Å². The lowest BCUT2D eigenvalue weighted by atomic mass is 10.1. The van der Waals surface area contributed by atoms with E-state index in [9.17, 15) is 13.2 Å². The van der Waals surface area contributed by atoms with Crippen LogP contribution in [0.15, 0.2) is 47.4 Å². The van der Waals surface area contributed by atoms with Gasteiger partial charge in [0, 0.05) is 47.9 Å². The maximum absolute atomic E-state index is 13.0. The number of nitrogens with one attached hydrogen (secondary N) is 2. The Labute approximate surface area is 189 Å². The van der Waals surface area contributed by atoms with Crippen molar-refractivity contribution in [2.45, 2.75) is 44.7 Å². The van der Waals surface area contributed by atoms with E-state index in [1.165, 1.54) is 12.1 Å². The second-order valence-corrected chi connectivity index (χ2v) is 11.8. The minimum Gasteiger partial charge on any atom is -0.322 e. The minimum atomic E-state index is -3.72. The maximum Gasteiger partial charge on any atom is 0.255 e. The van der Waals surface area contributed by atoms with E-state index in [0.717, 1.165) is 36.7 Å². The molecule has 0 unspecified atom stereocenters. The first-order valence-electron chi connectivity index (χ1n) is 10.4. The molecule has 0 bridgehead atoms. The first kappa shape index (κ1) is 23.8. The summed E-state index contributed by atoms with van der Waals surface area (Å²) in [5, 5.41) is 2.93. The number of anilines is 1. The summed E-state index contributed by atoms with van der Waals surface area (Å²) in [5.41, 5.74) is 2.30. The van der Waals surface area contributed by atoms with E-state index in [2.05, 4.69) is 21.0 Å². The van der Waals surface area contributed by atoms with E-state index < -0.39 is 15.6 Å². The van der Waals surface area contributed by atoms with Gasteiger partial charge in [-0.2, -0.15) is 11.8 Å². The van der Waals surface area contributed by atoms with Gasteiger partial charge in [0.15, 0.2) is 0 Å². The van der Waals surface area contributed by atoms with Gasteiger partial charge in [0.25, 0.3) is 5.91 Å². The third-order valence-corrected chi connectivity index (χ3v) is 7.60. The Kier molecular flexibility index (Phi) is 7.47. The number of amides is 1. The van der Waals surface area contributed by atoms with Crippen molar-refractivity contribution in [3.8, 4) is 0 Å². The van der Waals surface area contributed by atoms with Crippen LogP contribution in [0, 0.1) is 6.92 Å². The molecule has 2 aromatic rings. The lowest BCUT2D eigenvalue weighted by molar-refractivity contribution is 0.102. The van der Waals surface area contributed by atoms with Crippen molar-refractivity contribution in [1.29, 1.82) is 0 Å². The molecule has 1 amide bonds. The van der Waals surface area contributed by atoms with Crippen molar-refractivity contribution in [3.63, 3.8) is 0 Å². The highest BCUT2D eigenvalue weighted by atomic mass is 32.2. The van der Waals surface area contributed by atoms with E-state index in [1.807, 2.05) is 30.0 Å². The highest BCUT2D eigenvalue weighted by Gasteiger charge is 2.23. The normalized spacial score (nSPS) is 15.6. The van der Waals surface area contributed by atoms with Crippen LogP contribution in [0.25, 0.3) is 0 Å². The molecule has 1 aliphatic rings. The molecule has 168 valence electrons. The monoisotopic (exact) mass is 461 g/mol. The van der Waals surface area contributed by atoms with Crippen molar-refractivity contribution in [2.24, 2.45) is 0 Å². The van der Waals surface area contributed by atoms with Crippen molar-refractivity contribution in [1.82, 2.24) is 9.62 Å². The first-order valence-corrected chi connectivity index (χ1v) is 13.0. The lowest BCUT2D eigenvalue weighted by Crippen LogP contribution is -2.40. The minimum absolute atomic E-state index is 0.0786. The summed E-state index contributed by atoms with van der Waals surface area (Å²) in [5.74, 6) is 1.98. The molecular weight excluding hydrogens is 430 g/mol. The van der Waals surface area contributed by atoms with Gasteiger partial charge in [0.05, 0.1) is 4.90 Å². The van der Waals surface area contributed by atoms with Crippen LogP contribution >= 0.6 is 11.8 Å². The fraction of sp³-hybridized carbons (Fsp3) is 0.435. The number of hydrogen-bond donors (Lipinski definition) is 2. The molecule has 0 saturated carbocycles. The summed E-state index contributed by atoms with van der Waals surface area (Å²) in [4.78, 5) is 15.5. The second-order valence-electron chi connectivity index (χ2n) is 8.88. The summed E-state index contributed by atoms with van der Waals surface area (Å²) in [6.45, 7) is 10.1. The molecule has 1 fully saturated rings. The average Bonchev–Trinajstić information content (AvgIpc) is 2.67. The van der Waals surface area contributed by atoms with Gasteiger partial charge in [-0.3, -0.25) is 9.69 Å². The molecule has 2 aromatic carbocycles. The lowest BCUT2D eigenvalue weighted by Gasteiger charge is -2.26. The van der Waals surface area contributed by atoms with Crippen molar-refractivity contribution in [2.75, 3.05) is 29.9 Å². The van der Waals surface area contributed by atoms with Crippen molar-refractivity contribution >= 4 is 33.4 Å². The molecular formula is C23H31N3O3S2. The molecule has 31 heavy (non-hydrogen) atoms. The van der Waals surface area contributed by atoms with Crippen LogP contribution in [0.4, 0.5) is 5.69 Å². The fourth-order valence-corrected chi connectivity index (χ4v) is 5.86. The highest BCUT2D eigenvalue weighted by Crippen LogP contribution is 2.20. The summed E-state index contributed by atoms with van der Waals surface area (Å²) >= 11 is 1.98. The number of aryl methyl sites for hydroxylation is 1. The van der Waals surface area contributed by atoms with Crippen LogP contribution < -0.4 is 10.0 Å². The molecule has 6 nitrogen and oxygen atoms in total. The molecule has 1 aliphatic heterocycles. The zero-order valence-corrected chi connectivity index (χ0v) is 20.2. The summed E-state index contributed by atoms with van der Waals surface area (Å²) in [6, 6.07) is 12.5. The van der Waals surface area contributed by atoms with Gasteiger partial charge in [-0.05, 0) is 63.1 Å². The molecule has 1 heterocycles. The van der Waals surface area contributed by atoms with Gasteiger partial charge in [-0.1, -0.05) is 18.2 Å². The Morgan fingerprint density at radius 2 is 1.81 bits per heavy atom. The van der Waals surface area contributed by atoms with E-state index in [1.54, 1.807) is 33.8 Å².